The minimum absolute atomic E-state index is 0.0207. The van der Waals surface area contributed by atoms with Crippen LogP contribution in [-0.2, 0) is 17.9 Å². The molecule has 3 aliphatic heterocycles. The molecule has 9 nitrogen and oxygen atoms in total. The molecule has 0 N–H and O–H groups in total. The Morgan fingerprint density at radius 2 is 1.66 bits per heavy atom. The van der Waals surface area contributed by atoms with Crippen molar-refractivity contribution in [1.29, 1.82) is 5.26 Å². The van der Waals surface area contributed by atoms with Crippen LogP contribution >= 0.6 is 0 Å². The van der Waals surface area contributed by atoms with Crippen LogP contribution in [0.15, 0.2) is 49.1 Å². The van der Waals surface area contributed by atoms with Gasteiger partial charge in [-0.1, -0.05) is 36.9 Å². The lowest BCUT2D eigenvalue weighted by atomic mass is 10.0. The predicted octanol–water partition coefficient (Wildman–Crippen LogP) is 4.54. The molecule has 2 fully saturated rings. The summed E-state index contributed by atoms with van der Waals surface area (Å²) in [4.78, 5) is 30.2. The van der Waals surface area contributed by atoms with Gasteiger partial charge in [-0.25, -0.2) is 0 Å². The van der Waals surface area contributed by atoms with Crippen molar-refractivity contribution in [3.05, 3.63) is 65.9 Å². The fraction of sp³-hybridized carbons (Fsp3) is 0.438. The van der Waals surface area contributed by atoms with Gasteiger partial charge in [-0.2, -0.15) is 15.2 Å². The number of hydrogen-bond acceptors (Lipinski definition) is 8. The van der Waals surface area contributed by atoms with Gasteiger partial charge in [0.25, 0.3) is 0 Å². The number of piperazine rings is 1. The van der Waals surface area contributed by atoms with Crippen molar-refractivity contribution in [2.24, 2.45) is 0 Å². The maximum absolute atomic E-state index is 12.0. The molecule has 0 spiro atoms. The lowest BCUT2D eigenvalue weighted by Crippen LogP contribution is -2.48. The number of likely N-dealkylation sites (tertiary alicyclic amines) is 1. The summed E-state index contributed by atoms with van der Waals surface area (Å²) in [6.45, 7) is 14.0. The molecule has 9 heteroatoms. The Morgan fingerprint density at radius 3 is 2.24 bits per heavy atom. The van der Waals surface area contributed by atoms with E-state index in [0.29, 0.717) is 25.6 Å². The van der Waals surface area contributed by atoms with Crippen LogP contribution in [-0.4, -0.2) is 79.1 Å². The van der Waals surface area contributed by atoms with Crippen LogP contribution in [0.4, 0.5) is 11.5 Å². The lowest BCUT2D eigenvalue weighted by molar-refractivity contribution is -0.126. The number of ether oxygens (including phenoxy) is 1. The fourth-order valence-corrected chi connectivity index (χ4v) is 5.65. The largest absolute Gasteiger partial charge is 0.467 e. The first-order chi connectivity index (χ1) is 19.9. The highest BCUT2D eigenvalue weighted by atomic mass is 16.5. The molecule has 3 aliphatic rings. The van der Waals surface area contributed by atoms with E-state index in [0.717, 1.165) is 36.7 Å². The number of hydrogen-bond donors (Lipinski definition) is 0. The molecule has 0 atom stereocenters. The molecular weight excluding hydrogens is 514 g/mol. The van der Waals surface area contributed by atoms with E-state index < -0.39 is 0 Å². The molecule has 0 unspecified atom stereocenters. The van der Waals surface area contributed by atoms with Gasteiger partial charge in [0.1, 0.15) is 5.82 Å². The number of amides is 1. The third-order valence-corrected chi connectivity index (χ3v) is 7.75. The number of methoxy groups -OCH3 is 1. The predicted molar refractivity (Wildman–Crippen MR) is 164 cm³/mol. The van der Waals surface area contributed by atoms with E-state index >= 15 is 0 Å². The van der Waals surface area contributed by atoms with Gasteiger partial charge in [-0.05, 0) is 63.0 Å². The summed E-state index contributed by atoms with van der Waals surface area (Å²) in [6, 6.07) is 15.0. The second kappa shape index (κ2) is 14.0. The van der Waals surface area contributed by atoms with Gasteiger partial charge in [0.2, 0.25) is 5.91 Å². The van der Waals surface area contributed by atoms with Gasteiger partial charge < -0.3 is 24.3 Å². The van der Waals surface area contributed by atoms with Crippen molar-refractivity contribution in [2.45, 2.75) is 39.8 Å². The van der Waals surface area contributed by atoms with Gasteiger partial charge >= 0.3 is 6.01 Å². The van der Waals surface area contributed by atoms with Crippen molar-refractivity contribution in [3.8, 4) is 12.1 Å². The number of aromatic nitrogens is 2. The Hall–Kier alpha value is -4.16. The van der Waals surface area contributed by atoms with E-state index in [1.807, 2.05) is 4.90 Å². The fourth-order valence-electron chi connectivity index (χ4n) is 5.65. The number of anilines is 2. The first-order valence-electron chi connectivity index (χ1n) is 14.2. The number of aryl methyl sites for hydroxylation is 1. The average Bonchev–Trinajstić information content (AvgIpc) is 3.66. The molecule has 4 heterocycles. The topological polar surface area (TPSA) is 88.8 Å². The summed E-state index contributed by atoms with van der Waals surface area (Å²) in [5, 5.41) is 9.84. The first-order valence-corrected chi connectivity index (χ1v) is 14.2. The summed E-state index contributed by atoms with van der Waals surface area (Å²) < 4.78 is 5.43. The van der Waals surface area contributed by atoms with E-state index in [2.05, 4.69) is 76.6 Å². The maximum atomic E-state index is 12.0. The zero-order valence-corrected chi connectivity index (χ0v) is 24.8. The molecule has 0 saturated carbocycles. The third kappa shape index (κ3) is 6.95. The summed E-state index contributed by atoms with van der Waals surface area (Å²) in [6.07, 6.45) is 4.21. The van der Waals surface area contributed by atoms with Crippen LogP contribution in [0, 0.1) is 18.3 Å². The zero-order chi connectivity index (χ0) is 29.4. The zero-order valence-electron chi connectivity index (χ0n) is 24.8. The summed E-state index contributed by atoms with van der Waals surface area (Å²) in [7, 11) is 3.78. The molecule has 41 heavy (non-hydrogen) atoms. The number of rotatable bonds is 4. The second-order valence-electron chi connectivity index (χ2n) is 10.5. The van der Waals surface area contributed by atoms with Crippen molar-refractivity contribution in [2.75, 3.05) is 63.2 Å². The number of carbonyl (C=O) groups is 1. The number of benzene rings is 2. The first kappa shape index (κ1) is 29.8. The van der Waals surface area contributed by atoms with E-state index in [9.17, 15) is 4.79 Å². The molecule has 2 aromatic carbocycles. The Morgan fingerprint density at radius 1 is 1.00 bits per heavy atom. The average molecular weight is 556 g/mol. The van der Waals surface area contributed by atoms with E-state index in [-0.39, 0.29) is 5.91 Å². The standard InChI is InChI=1S/C25H27N5O2.C5H11N.C2H3N/c1-4-22(31)28-11-13-29(14-12-28)24-19-15-30(16-20(19)26-25(27-24)32-3)21-10-6-9-18-8-5-7-17(2)23(18)21;1-6-4-2-3-5-6;1-2-3/h4-10H,1,11-16H2,2-3H3;2-5H2,1H3;1H3. The highest BCUT2D eigenvalue weighted by molar-refractivity contribution is 5.97. The lowest BCUT2D eigenvalue weighted by Gasteiger charge is -2.35. The summed E-state index contributed by atoms with van der Waals surface area (Å²) in [5.74, 6) is 0.893. The third-order valence-electron chi connectivity index (χ3n) is 7.75. The van der Waals surface area contributed by atoms with Crippen LogP contribution < -0.4 is 14.5 Å². The van der Waals surface area contributed by atoms with Gasteiger partial charge in [-0.15, -0.1) is 0 Å². The molecule has 2 saturated heterocycles. The van der Waals surface area contributed by atoms with Crippen LogP contribution in [0.2, 0.25) is 0 Å². The highest BCUT2D eigenvalue weighted by Crippen LogP contribution is 2.38. The molecule has 0 radical (unpaired) electrons. The molecule has 0 bridgehead atoms. The SMILES string of the molecule is C=CC(=O)N1CCN(c2nc(OC)nc3c2CN(c2cccc4cccc(C)c24)C3)CC1.CC#N.CN1CCCC1. The summed E-state index contributed by atoms with van der Waals surface area (Å²) >= 11 is 0. The molecule has 216 valence electrons. The summed E-state index contributed by atoms with van der Waals surface area (Å²) in [5.41, 5.74) is 4.62. The second-order valence-corrected chi connectivity index (χ2v) is 10.5. The van der Waals surface area contributed by atoms with Gasteiger partial charge in [0.05, 0.1) is 25.4 Å². The van der Waals surface area contributed by atoms with Crippen molar-refractivity contribution < 1.29 is 9.53 Å². The number of nitriles is 1. The van der Waals surface area contributed by atoms with Gasteiger partial charge in [0, 0.05) is 56.3 Å². The molecular formula is C32H41N7O2. The monoisotopic (exact) mass is 555 g/mol. The molecule has 6 rings (SSSR count). The Kier molecular flexibility index (Phi) is 10.1. The van der Waals surface area contributed by atoms with Crippen LogP contribution in [0.3, 0.4) is 0 Å². The quantitative estimate of drug-likeness (QED) is 0.434. The maximum Gasteiger partial charge on any atom is 0.318 e. The van der Waals surface area contributed by atoms with E-state index in [1.54, 1.807) is 13.2 Å². The van der Waals surface area contributed by atoms with Crippen molar-refractivity contribution >= 4 is 28.2 Å². The Labute approximate surface area is 243 Å². The van der Waals surface area contributed by atoms with E-state index in [4.69, 9.17) is 15.0 Å². The van der Waals surface area contributed by atoms with Crippen LogP contribution in [0.5, 0.6) is 6.01 Å². The van der Waals surface area contributed by atoms with Crippen molar-refractivity contribution in [3.63, 3.8) is 0 Å². The van der Waals surface area contributed by atoms with Gasteiger partial charge in [0.15, 0.2) is 0 Å². The van der Waals surface area contributed by atoms with E-state index in [1.165, 1.54) is 61.0 Å². The molecule has 1 aromatic heterocycles. The molecule has 0 aliphatic carbocycles. The Bertz CT molecular complexity index is 1400. The minimum Gasteiger partial charge on any atom is -0.467 e. The smallest absolute Gasteiger partial charge is 0.318 e. The van der Waals surface area contributed by atoms with Crippen LogP contribution in [0.1, 0.15) is 36.6 Å². The van der Waals surface area contributed by atoms with Gasteiger partial charge in [-0.3, -0.25) is 4.79 Å². The number of fused-ring (bicyclic) bond motifs is 2. The highest BCUT2D eigenvalue weighted by Gasteiger charge is 2.31. The minimum atomic E-state index is -0.0207. The van der Waals surface area contributed by atoms with Crippen molar-refractivity contribution in [1.82, 2.24) is 19.8 Å². The normalized spacial score (nSPS) is 16.2. The van der Waals surface area contributed by atoms with Crippen LogP contribution in [0.25, 0.3) is 10.8 Å². The Balaban J connectivity index is 0.000000372. The number of carbonyl (C=O) groups excluding carboxylic acids is 1. The molecule has 1 amide bonds. The molecule has 3 aromatic rings. The number of nitrogens with zero attached hydrogens (tertiary/aromatic N) is 7.